The average molecular weight is 419 g/mol. The molecule has 10 heteroatoms. The molecule has 0 atom stereocenters. The number of nitrogens with one attached hydrogen (secondary N) is 1. The van der Waals surface area contributed by atoms with Crippen molar-refractivity contribution < 1.29 is 14.3 Å². The summed E-state index contributed by atoms with van der Waals surface area (Å²) in [5.74, 6) is 0.660. The van der Waals surface area contributed by atoms with Crippen molar-refractivity contribution in [3.63, 3.8) is 0 Å². The smallest absolute Gasteiger partial charge is 0.278 e. The summed E-state index contributed by atoms with van der Waals surface area (Å²) < 4.78 is 19.3. The zero-order chi connectivity index (χ0) is 20.5. The number of anilines is 2. The summed E-state index contributed by atoms with van der Waals surface area (Å²) in [5, 5.41) is 3.99. The van der Waals surface area contributed by atoms with Crippen molar-refractivity contribution in [3.8, 4) is 5.88 Å². The predicted molar refractivity (Wildman–Crippen MR) is 114 cm³/mol. The number of carbonyl (C=O) groups excluding carboxylic acids is 1. The molecule has 3 rings (SSSR count). The minimum Gasteiger partial charge on any atom is -0.464 e. The van der Waals surface area contributed by atoms with Gasteiger partial charge in [0.25, 0.3) is 11.8 Å². The monoisotopic (exact) mass is 418 g/mol. The third kappa shape index (κ3) is 5.88. The van der Waals surface area contributed by atoms with Crippen molar-refractivity contribution in [2.75, 3.05) is 55.8 Å². The van der Waals surface area contributed by atoms with E-state index in [0.29, 0.717) is 24.9 Å². The fraction of sp³-hybridized carbons (Fsp3) is 0.474. The quantitative estimate of drug-likeness (QED) is 0.490. The molecule has 1 saturated heterocycles. The van der Waals surface area contributed by atoms with E-state index in [1.807, 2.05) is 29.2 Å². The Morgan fingerprint density at radius 2 is 2.00 bits per heavy atom. The number of rotatable bonds is 9. The number of ether oxygens (including phenoxy) is 2. The molecule has 1 N–H and O–H groups in total. The molecule has 1 aliphatic rings. The largest absolute Gasteiger partial charge is 0.464 e. The molecule has 1 fully saturated rings. The molecule has 1 aliphatic heterocycles. The molecule has 2 heterocycles. The van der Waals surface area contributed by atoms with Gasteiger partial charge in [0.1, 0.15) is 0 Å². The number of benzene rings is 1. The second-order valence-electron chi connectivity index (χ2n) is 6.34. The van der Waals surface area contributed by atoms with E-state index in [9.17, 15) is 4.79 Å². The molecule has 156 valence electrons. The Morgan fingerprint density at radius 1 is 1.28 bits per heavy atom. The molecule has 2 aromatic rings. The van der Waals surface area contributed by atoms with Crippen molar-refractivity contribution in [2.24, 2.45) is 5.10 Å². The Morgan fingerprint density at radius 3 is 2.69 bits per heavy atom. The number of amides is 1. The fourth-order valence-corrected chi connectivity index (χ4v) is 3.46. The highest BCUT2D eigenvalue weighted by atomic mass is 32.1. The van der Waals surface area contributed by atoms with Crippen LogP contribution in [0.5, 0.6) is 5.88 Å². The van der Waals surface area contributed by atoms with Crippen molar-refractivity contribution in [2.45, 2.75) is 13.8 Å². The van der Waals surface area contributed by atoms with Gasteiger partial charge in [-0.25, -0.2) is 5.43 Å². The van der Waals surface area contributed by atoms with Gasteiger partial charge in [0.2, 0.25) is 5.82 Å². The van der Waals surface area contributed by atoms with Crippen LogP contribution in [0.1, 0.15) is 19.4 Å². The summed E-state index contributed by atoms with van der Waals surface area (Å²) in [5.41, 5.74) is 4.54. The van der Waals surface area contributed by atoms with Gasteiger partial charge in [-0.05, 0) is 31.5 Å². The number of morpholine rings is 1. The lowest BCUT2D eigenvalue weighted by atomic mass is 10.2. The van der Waals surface area contributed by atoms with Crippen LogP contribution in [0.4, 0.5) is 11.5 Å². The van der Waals surface area contributed by atoms with E-state index in [1.165, 1.54) is 0 Å². The van der Waals surface area contributed by atoms with Crippen molar-refractivity contribution in [3.05, 3.63) is 29.8 Å². The van der Waals surface area contributed by atoms with Gasteiger partial charge in [-0.2, -0.15) is 9.47 Å². The van der Waals surface area contributed by atoms with Gasteiger partial charge in [0.05, 0.1) is 31.2 Å². The molecule has 0 saturated carbocycles. The Labute approximate surface area is 174 Å². The molecule has 0 unspecified atom stereocenters. The van der Waals surface area contributed by atoms with Crippen LogP contribution < -0.4 is 20.0 Å². The number of hydrazone groups is 1. The second-order valence-corrected chi connectivity index (χ2v) is 6.87. The first kappa shape index (κ1) is 21.0. The van der Waals surface area contributed by atoms with Gasteiger partial charge >= 0.3 is 0 Å². The lowest BCUT2D eigenvalue weighted by Gasteiger charge is -2.26. The van der Waals surface area contributed by atoms with Crippen LogP contribution in [-0.2, 0) is 9.53 Å². The van der Waals surface area contributed by atoms with Crippen molar-refractivity contribution in [1.82, 2.24) is 14.2 Å². The Hall–Kier alpha value is -2.72. The van der Waals surface area contributed by atoms with E-state index in [4.69, 9.17) is 9.47 Å². The van der Waals surface area contributed by atoms with Crippen molar-refractivity contribution in [1.29, 1.82) is 0 Å². The van der Waals surface area contributed by atoms with Crippen molar-refractivity contribution >= 4 is 35.4 Å². The van der Waals surface area contributed by atoms with Gasteiger partial charge < -0.3 is 19.3 Å². The van der Waals surface area contributed by atoms with E-state index in [-0.39, 0.29) is 12.5 Å². The Balaban J connectivity index is 1.46. The third-order valence-corrected chi connectivity index (χ3v) is 5.02. The molecule has 1 aromatic carbocycles. The standard InChI is InChI=1S/C19H26N6O3S/c1-3-24(4-2)16-7-5-15(6-8-16)13-20-21-17(26)14-28-19-18(22-29-23-19)25-9-11-27-12-10-25/h5-8,13H,3-4,9-12,14H2,1-2H3,(H,21,26)/b20-13-. The summed E-state index contributed by atoms with van der Waals surface area (Å²) in [6.45, 7) is 8.73. The summed E-state index contributed by atoms with van der Waals surface area (Å²) >= 11 is 1.06. The second kappa shape index (κ2) is 10.7. The van der Waals surface area contributed by atoms with E-state index in [1.54, 1.807) is 6.21 Å². The van der Waals surface area contributed by atoms with Crippen LogP contribution in [0.3, 0.4) is 0 Å². The number of aromatic nitrogens is 2. The molecule has 0 radical (unpaired) electrons. The van der Waals surface area contributed by atoms with Gasteiger partial charge in [-0.1, -0.05) is 12.1 Å². The lowest BCUT2D eigenvalue weighted by molar-refractivity contribution is -0.123. The van der Waals surface area contributed by atoms with Gasteiger partial charge in [0.15, 0.2) is 6.61 Å². The van der Waals surface area contributed by atoms with Gasteiger partial charge in [0, 0.05) is 31.9 Å². The first-order valence-corrected chi connectivity index (χ1v) is 10.4. The Kier molecular flexibility index (Phi) is 7.77. The maximum absolute atomic E-state index is 12.0. The predicted octanol–water partition coefficient (Wildman–Crippen LogP) is 1.75. The molecule has 29 heavy (non-hydrogen) atoms. The van der Waals surface area contributed by atoms with Crippen LogP contribution in [0.25, 0.3) is 0 Å². The topological polar surface area (TPSA) is 92.2 Å². The molecule has 1 amide bonds. The number of nitrogens with zero attached hydrogens (tertiary/aromatic N) is 5. The summed E-state index contributed by atoms with van der Waals surface area (Å²) in [7, 11) is 0. The highest BCUT2D eigenvalue weighted by Crippen LogP contribution is 2.26. The number of hydrogen-bond donors (Lipinski definition) is 1. The molecular formula is C19H26N6O3S. The fourth-order valence-electron chi connectivity index (χ4n) is 2.94. The SMILES string of the molecule is CCN(CC)c1ccc(/C=N\NC(=O)COc2nsnc2N2CCOCC2)cc1. The summed E-state index contributed by atoms with van der Waals surface area (Å²) in [4.78, 5) is 16.3. The van der Waals surface area contributed by atoms with E-state index >= 15 is 0 Å². The van der Waals surface area contributed by atoms with E-state index in [2.05, 4.69) is 38.0 Å². The van der Waals surface area contributed by atoms with E-state index < -0.39 is 0 Å². The molecule has 0 spiro atoms. The minimum absolute atomic E-state index is 0.180. The first-order chi connectivity index (χ1) is 14.2. The molecule has 0 bridgehead atoms. The highest BCUT2D eigenvalue weighted by molar-refractivity contribution is 6.99. The summed E-state index contributed by atoms with van der Waals surface area (Å²) in [6, 6.07) is 8.02. The lowest BCUT2D eigenvalue weighted by Crippen LogP contribution is -2.36. The van der Waals surface area contributed by atoms with Crippen LogP contribution in [-0.4, -0.2) is 66.9 Å². The third-order valence-electron chi connectivity index (χ3n) is 4.52. The number of carbonyl (C=O) groups is 1. The maximum Gasteiger partial charge on any atom is 0.278 e. The van der Waals surface area contributed by atoms with Crippen LogP contribution >= 0.6 is 11.7 Å². The van der Waals surface area contributed by atoms with E-state index in [0.717, 1.165) is 49.2 Å². The van der Waals surface area contributed by atoms with Crippen LogP contribution in [0.2, 0.25) is 0 Å². The first-order valence-electron chi connectivity index (χ1n) is 9.66. The average Bonchev–Trinajstić information content (AvgIpc) is 3.23. The van der Waals surface area contributed by atoms with Crippen LogP contribution in [0.15, 0.2) is 29.4 Å². The maximum atomic E-state index is 12.0. The summed E-state index contributed by atoms with van der Waals surface area (Å²) in [6.07, 6.45) is 1.60. The Bertz CT molecular complexity index is 801. The molecular weight excluding hydrogens is 392 g/mol. The van der Waals surface area contributed by atoms with Gasteiger partial charge in [-0.3, -0.25) is 4.79 Å². The zero-order valence-corrected chi connectivity index (χ0v) is 17.5. The minimum atomic E-state index is -0.359. The van der Waals surface area contributed by atoms with Crippen LogP contribution in [0, 0.1) is 0 Å². The molecule has 0 aliphatic carbocycles. The zero-order valence-electron chi connectivity index (χ0n) is 16.7. The normalized spacial score (nSPS) is 14.2. The number of hydrogen-bond acceptors (Lipinski definition) is 9. The van der Waals surface area contributed by atoms with Gasteiger partial charge in [-0.15, -0.1) is 4.37 Å². The molecule has 9 nitrogen and oxygen atoms in total. The molecule has 1 aromatic heterocycles. The highest BCUT2D eigenvalue weighted by Gasteiger charge is 2.20.